The average molecular weight is 1570 g/mol. The molecule has 0 aliphatic rings. The van der Waals surface area contributed by atoms with Gasteiger partial charge >= 0.3 is 24.1 Å². The third kappa shape index (κ3) is 22.9. The Bertz CT molecular complexity index is 5610. The lowest BCUT2D eigenvalue weighted by molar-refractivity contribution is -0.140. The Hall–Kier alpha value is -13.4. The van der Waals surface area contributed by atoms with Gasteiger partial charge in [0.05, 0.1) is 34.0 Å². The first-order valence-corrected chi connectivity index (χ1v) is 36.8. The van der Waals surface area contributed by atoms with E-state index in [0.717, 1.165) is 134 Å². The predicted molar refractivity (Wildman–Crippen MR) is 441 cm³/mol. The number of ether oxygens (including phenoxy) is 10. The summed E-state index contributed by atoms with van der Waals surface area (Å²) in [7, 11) is 6.56. The van der Waals surface area contributed by atoms with Crippen molar-refractivity contribution in [2.24, 2.45) is 0 Å². The second kappa shape index (κ2) is 38.2. The number of carboxylic acid groups (broad SMARTS) is 3. The Morgan fingerprint density at radius 3 is 0.948 bits per heavy atom. The van der Waals surface area contributed by atoms with Crippen molar-refractivity contribution in [3.05, 3.63) is 310 Å². The van der Waals surface area contributed by atoms with Crippen LogP contribution in [-0.4, -0.2) is 81.5 Å². The molecule has 0 unspecified atom stereocenters. The van der Waals surface area contributed by atoms with E-state index in [2.05, 4.69) is 78.9 Å². The number of methoxy groups -OCH3 is 4. The van der Waals surface area contributed by atoms with E-state index in [1.54, 1.807) is 90.8 Å². The molecule has 0 amide bonds. The van der Waals surface area contributed by atoms with Crippen molar-refractivity contribution >= 4 is 40.3 Å². The minimum Gasteiger partial charge on any atom is -0.497 e. The number of rotatable bonds is 28. The van der Waals surface area contributed by atoms with Crippen LogP contribution in [0.2, 0.25) is 5.02 Å². The fraction of sp³-hybridized carbons (Fsp3) is 0.168. The maximum Gasteiger partial charge on any atom is 0.416 e. The zero-order chi connectivity index (χ0) is 81.9. The van der Waals surface area contributed by atoms with Gasteiger partial charge in [0.15, 0.2) is 19.8 Å². The van der Waals surface area contributed by atoms with E-state index < -0.39 is 36.3 Å². The zero-order valence-electron chi connectivity index (χ0n) is 64.7. The first kappa shape index (κ1) is 82.6. The molecule has 13 aromatic carbocycles. The molecule has 20 heteroatoms. The molecule has 16 nitrogen and oxygen atoms in total. The van der Waals surface area contributed by atoms with Gasteiger partial charge in [0.25, 0.3) is 0 Å². The molecule has 0 spiro atoms. The summed E-state index contributed by atoms with van der Waals surface area (Å²) < 4.78 is 96.1. The van der Waals surface area contributed by atoms with Gasteiger partial charge in [0, 0.05) is 5.02 Å². The van der Waals surface area contributed by atoms with E-state index in [-0.39, 0.29) is 19.8 Å². The molecule has 0 radical (unpaired) electrons. The SMILES string of the molecule is COc1ccc(-c2cc(COc3ccc(OCC(=O)O)c(C)c3)cc(-c3cc(C)cc(C(F)(F)F)c3)c2)cc1.COc1ccc(-c2cc(COc3ccc(OCC(=O)O)c(C)c3)cc(-c3ccc(Cl)c(C)c3)c2)cc1.COc1ccc(-c2cc(COc3ccc(OCC(=O)O)c(C)c3)cc(-c3ccc4cc(OC)ccc4c3)c2)cc1. The van der Waals surface area contributed by atoms with Crippen molar-refractivity contribution in [1.29, 1.82) is 0 Å². The van der Waals surface area contributed by atoms with E-state index in [1.165, 1.54) is 0 Å². The molecule has 0 aliphatic heterocycles. The molecule has 0 saturated heterocycles. The van der Waals surface area contributed by atoms with Crippen molar-refractivity contribution in [3.63, 3.8) is 0 Å². The average Bonchev–Trinajstić information content (AvgIpc) is 0.801. The lowest BCUT2D eigenvalue weighted by Gasteiger charge is -2.15. The van der Waals surface area contributed by atoms with Crippen molar-refractivity contribution in [1.82, 2.24) is 0 Å². The van der Waals surface area contributed by atoms with Crippen molar-refractivity contribution in [2.45, 2.75) is 60.6 Å². The number of alkyl halides is 3. The molecule has 0 bridgehead atoms. The zero-order valence-corrected chi connectivity index (χ0v) is 65.4. The Balaban J connectivity index is 0.000000170. The number of benzene rings is 13. The highest BCUT2D eigenvalue weighted by atomic mass is 35.5. The highest BCUT2D eigenvalue weighted by Crippen LogP contribution is 2.39. The summed E-state index contributed by atoms with van der Waals surface area (Å²) in [6.45, 7) is 8.79. The fourth-order valence-electron chi connectivity index (χ4n) is 12.7. The van der Waals surface area contributed by atoms with Crippen molar-refractivity contribution in [3.8, 4) is 124 Å². The van der Waals surface area contributed by atoms with Crippen LogP contribution < -0.4 is 47.4 Å². The Morgan fingerprint density at radius 2 is 0.600 bits per heavy atom. The van der Waals surface area contributed by atoms with Crippen LogP contribution >= 0.6 is 11.6 Å². The largest absolute Gasteiger partial charge is 0.497 e. The number of hydrogen-bond acceptors (Lipinski definition) is 13. The second-order valence-corrected chi connectivity index (χ2v) is 27.5. The molecule has 0 fully saturated rings. The number of fused-ring (bicyclic) bond motifs is 1. The summed E-state index contributed by atoms with van der Waals surface area (Å²) in [5, 5.41) is 29.5. The summed E-state index contributed by atoms with van der Waals surface area (Å²) in [5.41, 5.74) is 17.3. The molecule has 115 heavy (non-hydrogen) atoms. The van der Waals surface area contributed by atoms with Gasteiger partial charge in [-0.2, -0.15) is 13.2 Å². The lowest BCUT2D eigenvalue weighted by atomic mass is 9.94. The number of carboxylic acids is 3. The highest BCUT2D eigenvalue weighted by molar-refractivity contribution is 6.31. The van der Waals surface area contributed by atoms with Gasteiger partial charge in [-0.15, -0.1) is 0 Å². The van der Waals surface area contributed by atoms with E-state index >= 15 is 0 Å². The third-order valence-electron chi connectivity index (χ3n) is 18.6. The Kier molecular flexibility index (Phi) is 27.4. The fourth-order valence-corrected chi connectivity index (χ4v) is 12.8. The molecule has 13 aromatic rings. The maximum absolute atomic E-state index is 13.5. The van der Waals surface area contributed by atoms with Crippen LogP contribution in [0.15, 0.2) is 255 Å². The van der Waals surface area contributed by atoms with Crippen molar-refractivity contribution < 1.29 is 90.2 Å². The molecular formula is C95H84ClF3O16. The van der Waals surface area contributed by atoms with Crippen molar-refractivity contribution in [2.75, 3.05) is 48.3 Å². The molecule has 13 rings (SSSR count). The number of halogens is 4. The van der Waals surface area contributed by atoms with Crippen LogP contribution in [-0.2, 0) is 40.4 Å². The quantitative estimate of drug-likeness (QED) is 0.0417. The summed E-state index contributed by atoms with van der Waals surface area (Å²) in [6.07, 6.45) is -4.46. The van der Waals surface area contributed by atoms with Crippen LogP contribution in [0.25, 0.3) is 77.5 Å². The summed E-state index contributed by atoms with van der Waals surface area (Å²) >= 11 is 6.26. The van der Waals surface area contributed by atoms with E-state index in [1.807, 2.05) is 136 Å². The number of carbonyl (C=O) groups is 3. The Labute approximate surface area is 669 Å². The van der Waals surface area contributed by atoms with Crippen LogP contribution in [0.1, 0.15) is 50.1 Å². The highest BCUT2D eigenvalue weighted by Gasteiger charge is 2.31. The number of hydrogen-bond donors (Lipinski definition) is 3. The first-order valence-electron chi connectivity index (χ1n) is 36.4. The minimum absolute atomic E-state index is 0.156. The number of aliphatic carboxylic acids is 3. The maximum atomic E-state index is 13.5. The van der Waals surface area contributed by atoms with Gasteiger partial charge in [0.2, 0.25) is 0 Å². The van der Waals surface area contributed by atoms with Gasteiger partial charge in [-0.3, -0.25) is 0 Å². The van der Waals surface area contributed by atoms with Crippen LogP contribution in [0.3, 0.4) is 0 Å². The van der Waals surface area contributed by atoms with Gasteiger partial charge in [-0.05, 0) is 345 Å². The summed E-state index contributed by atoms with van der Waals surface area (Å²) in [4.78, 5) is 32.4. The number of aryl methyl sites for hydroxylation is 5. The van der Waals surface area contributed by atoms with Crippen LogP contribution in [0.5, 0.6) is 57.5 Å². The molecule has 0 aliphatic carbocycles. The smallest absolute Gasteiger partial charge is 0.416 e. The topological polar surface area (TPSA) is 204 Å². The van der Waals surface area contributed by atoms with Crippen LogP contribution in [0, 0.1) is 34.6 Å². The first-order chi connectivity index (χ1) is 55.2. The normalized spacial score (nSPS) is 10.9. The standard InChI is InChI=1S/C34H30O6.C31H27F3O5.C30H27ClO5/c1-22-14-32(12-13-33(22)40-21-34(35)36)39-20-23-15-28(24-6-9-30(37-2)10-7-24)18-29(16-23)26-4-5-27-19-31(38-3)11-8-25(27)17-26;1-19-10-23(16-26(11-19)31(32,33)34)25-14-21(13-24(15-25)22-4-6-27(37-3)7-5-22)17-38-28-8-9-29(20(2)12-28)39-18-30(35)36;1-19-12-23(6-10-28(19)31)25-15-21(14-24(16-25)22-4-7-26(34-3)8-5-22)17-35-27-9-11-29(20(2)13-27)36-18-30(32)33/h4-19H,20-21H2,1-3H3,(H,35,36);4-16H,17-18H2,1-3H3,(H,35,36);4-16H,17-18H2,1-3H3,(H,32,33). The lowest BCUT2D eigenvalue weighted by Crippen LogP contribution is -2.10. The van der Waals surface area contributed by atoms with E-state index in [4.69, 9.17) is 74.3 Å². The molecule has 588 valence electrons. The van der Waals surface area contributed by atoms with Gasteiger partial charge < -0.3 is 62.7 Å². The van der Waals surface area contributed by atoms with E-state index in [0.29, 0.717) is 75.7 Å². The summed E-state index contributed by atoms with van der Waals surface area (Å²) in [6, 6.07) is 80.2. The second-order valence-electron chi connectivity index (χ2n) is 27.1. The predicted octanol–water partition coefficient (Wildman–Crippen LogP) is 22.6. The molecule has 0 atom stereocenters. The molecule has 3 N–H and O–H groups in total. The molecular weight excluding hydrogens is 1490 g/mol. The van der Waals surface area contributed by atoms with Gasteiger partial charge in [-0.25, -0.2) is 14.4 Å². The minimum atomic E-state index is -4.46. The molecule has 0 heterocycles. The Morgan fingerprint density at radius 1 is 0.296 bits per heavy atom. The monoisotopic (exact) mass is 1570 g/mol. The third-order valence-corrected chi connectivity index (χ3v) is 19.0. The molecule has 0 saturated carbocycles. The van der Waals surface area contributed by atoms with Gasteiger partial charge in [-0.1, -0.05) is 78.3 Å². The van der Waals surface area contributed by atoms with Crippen LogP contribution in [0.4, 0.5) is 13.2 Å². The van der Waals surface area contributed by atoms with E-state index in [9.17, 15) is 27.6 Å². The molecule has 0 aromatic heterocycles. The van der Waals surface area contributed by atoms with Gasteiger partial charge in [0.1, 0.15) is 77.3 Å². The summed E-state index contributed by atoms with van der Waals surface area (Å²) in [5.74, 6) is 3.41.